The van der Waals surface area contributed by atoms with Crippen LogP contribution in [0.4, 0.5) is 0 Å². The van der Waals surface area contributed by atoms with Gasteiger partial charge in [-0.2, -0.15) is 0 Å². The maximum atomic E-state index is 3.69. The Morgan fingerprint density at radius 2 is 1.06 bits per heavy atom. The Bertz CT molecular complexity index is 352. The summed E-state index contributed by atoms with van der Waals surface area (Å²) < 4.78 is 0. The molecule has 0 heterocycles. The van der Waals surface area contributed by atoms with E-state index in [1.165, 1.54) is 0 Å². The summed E-state index contributed by atoms with van der Waals surface area (Å²) in [5, 5.41) is 0. The zero-order chi connectivity index (χ0) is 12.9. The zero-order valence-electron chi connectivity index (χ0n) is 10.2. The first-order valence-corrected chi connectivity index (χ1v) is 5.37. The predicted molar refractivity (Wildman–Crippen MR) is 81.0 cm³/mol. The van der Waals surface area contributed by atoms with E-state index in [1.807, 2.05) is 43.7 Å². The van der Waals surface area contributed by atoms with Crippen LogP contribution in [0, 0.1) is 0 Å². The molecule has 0 aliphatic carbocycles. The van der Waals surface area contributed by atoms with Crippen molar-refractivity contribution in [2.45, 2.75) is 0 Å². The Labute approximate surface area is 106 Å². The first-order chi connectivity index (χ1) is 8.28. The van der Waals surface area contributed by atoms with Gasteiger partial charge in [0.2, 0.25) is 0 Å². The maximum absolute atomic E-state index is 3.69. The molecule has 1 heteroatoms. The zero-order valence-corrected chi connectivity index (χ0v) is 10.2. The molecule has 0 aromatic carbocycles. The minimum absolute atomic E-state index is 1.04. The van der Waals surface area contributed by atoms with Crippen molar-refractivity contribution >= 4 is 7.28 Å². The molecular weight excluding hydrogens is 203 g/mol. The molecule has 0 fully saturated rings. The van der Waals surface area contributed by atoms with Gasteiger partial charge in [0.05, 0.1) is 0 Å². The van der Waals surface area contributed by atoms with Gasteiger partial charge in [-0.1, -0.05) is 98.0 Å². The minimum Gasteiger partial charge on any atom is -0.0991 e. The van der Waals surface area contributed by atoms with Crippen LogP contribution >= 0.6 is 0 Å². The standard InChI is InChI=1S/C16H18B/c1-5-9-13-15(11-7-3)17-16(12-8-4)14-10-6-2/h5-14H,1-4H2/b13-9-,14-10-,15-11+,16-12+. The highest BCUT2D eigenvalue weighted by molar-refractivity contribution is 6.55. The van der Waals surface area contributed by atoms with Crippen LogP contribution < -0.4 is 0 Å². The highest BCUT2D eigenvalue weighted by Crippen LogP contribution is 2.05. The van der Waals surface area contributed by atoms with Gasteiger partial charge in [0.25, 0.3) is 0 Å². The first kappa shape index (κ1) is 15.0. The fraction of sp³-hybridized carbons (Fsp3) is 0. The average Bonchev–Trinajstić information content (AvgIpc) is 2.33. The van der Waals surface area contributed by atoms with E-state index in [4.69, 9.17) is 0 Å². The van der Waals surface area contributed by atoms with Crippen molar-refractivity contribution in [2.24, 2.45) is 0 Å². The van der Waals surface area contributed by atoms with Crippen LogP contribution in [0.25, 0.3) is 0 Å². The lowest BCUT2D eigenvalue weighted by Gasteiger charge is -2.00. The summed E-state index contributed by atoms with van der Waals surface area (Å²) in [6.07, 6.45) is 18.5. The summed E-state index contributed by atoms with van der Waals surface area (Å²) in [5.41, 5.74) is 2.09. The van der Waals surface area contributed by atoms with Crippen LogP contribution in [0.1, 0.15) is 0 Å². The fourth-order valence-electron chi connectivity index (χ4n) is 1.13. The molecule has 17 heavy (non-hydrogen) atoms. The van der Waals surface area contributed by atoms with Crippen molar-refractivity contribution in [1.29, 1.82) is 0 Å². The lowest BCUT2D eigenvalue weighted by atomic mass is 9.62. The molecule has 0 aliphatic rings. The largest absolute Gasteiger partial charge is 0.191 e. The number of rotatable bonds is 8. The molecule has 0 aliphatic heterocycles. The summed E-state index contributed by atoms with van der Waals surface area (Å²) in [6.45, 7) is 14.7. The molecule has 0 N–H and O–H groups in total. The molecule has 0 unspecified atom stereocenters. The fourth-order valence-corrected chi connectivity index (χ4v) is 1.13. The molecule has 0 spiro atoms. The van der Waals surface area contributed by atoms with Crippen molar-refractivity contribution in [3.63, 3.8) is 0 Å². The van der Waals surface area contributed by atoms with Crippen molar-refractivity contribution in [3.8, 4) is 0 Å². The van der Waals surface area contributed by atoms with E-state index < -0.39 is 0 Å². The Morgan fingerprint density at radius 3 is 1.35 bits per heavy atom. The number of hydrogen-bond donors (Lipinski definition) is 0. The second-order valence-corrected chi connectivity index (χ2v) is 3.14. The second kappa shape index (κ2) is 10.5. The quantitative estimate of drug-likeness (QED) is 0.423. The molecule has 1 radical (unpaired) electrons. The van der Waals surface area contributed by atoms with E-state index in [0.717, 1.165) is 10.9 Å². The smallest absolute Gasteiger partial charge is 0.0991 e. The molecule has 0 aromatic rings. The molecule has 0 saturated carbocycles. The maximum Gasteiger partial charge on any atom is 0.191 e. The Morgan fingerprint density at radius 1 is 0.647 bits per heavy atom. The minimum atomic E-state index is 1.04. The summed E-state index contributed by atoms with van der Waals surface area (Å²) in [6, 6.07) is 0. The topological polar surface area (TPSA) is 0 Å². The number of hydrogen-bond acceptors (Lipinski definition) is 0. The predicted octanol–water partition coefficient (Wildman–Crippen LogP) is 4.31. The van der Waals surface area contributed by atoms with Crippen molar-refractivity contribution in [3.05, 3.63) is 98.0 Å². The normalized spacial score (nSPS) is 12.7. The van der Waals surface area contributed by atoms with Crippen LogP contribution in [0.15, 0.2) is 98.0 Å². The lowest BCUT2D eigenvalue weighted by Crippen LogP contribution is -1.97. The summed E-state index contributed by atoms with van der Waals surface area (Å²) in [5.74, 6) is 0. The van der Waals surface area contributed by atoms with Crippen LogP contribution in [-0.2, 0) is 0 Å². The van der Waals surface area contributed by atoms with Crippen molar-refractivity contribution in [1.82, 2.24) is 0 Å². The highest BCUT2D eigenvalue weighted by atomic mass is 13.8. The molecule has 0 saturated heterocycles. The van der Waals surface area contributed by atoms with E-state index in [2.05, 4.69) is 26.3 Å². The second-order valence-electron chi connectivity index (χ2n) is 3.14. The third-order valence-corrected chi connectivity index (χ3v) is 1.80. The molecule has 0 nitrogen and oxygen atoms in total. The average molecular weight is 221 g/mol. The molecule has 0 amide bonds. The van der Waals surface area contributed by atoms with Gasteiger partial charge < -0.3 is 0 Å². The molecule has 0 aromatic heterocycles. The van der Waals surface area contributed by atoms with Crippen LogP contribution in [-0.4, -0.2) is 7.28 Å². The van der Waals surface area contributed by atoms with E-state index in [0.29, 0.717) is 0 Å². The van der Waals surface area contributed by atoms with E-state index in [1.54, 1.807) is 24.3 Å². The summed E-state index contributed by atoms with van der Waals surface area (Å²) in [4.78, 5) is 0. The number of allylic oxidation sites excluding steroid dienone is 12. The Kier molecular flexibility index (Phi) is 9.26. The van der Waals surface area contributed by atoms with Gasteiger partial charge in [-0.25, -0.2) is 0 Å². The molecule has 0 atom stereocenters. The summed E-state index contributed by atoms with van der Waals surface area (Å²) in [7, 11) is 2.03. The van der Waals surface area contributed by atoms with Gasteiger partial charge in [0.1, 0.15) is 0 Å². The van der Waals surface area contributed by atoms with Crippen LogP contribution in [0.5, 0.6) is 0 Å². The molecule has 0 rings (SSSR count). The third-order valence-electron chi connectivity index (χ3n) is 1.80. The Balaban J connectivity index is 4.91. The summed E-state index contributed by atoms with van der Waals surface area (Å²) >= 11 is 0. The molecule has 85 valence electrons. The molecular formula is C16H18B. The van der Waals surface area contributed by atoms with E-state index >= 15 is 0 Å². The van der Waals surface area contributed by atoms with Gasteiger partial charge in [0, 0.05) is 0 Å². The van der Waals surface area contributed by atoms with E-state index in [-0.39, 0.29) is 0 Å². The van der Waals surface area contributed by atoms with Crippen molar-refractivity contribution in [2.75, 3.05) is 0 Å². The van der Waals surface area contributed by atoms with Gasteiger partial charge in [-0.15, -0.1) is 0 Å². The van der Waals surface area contributed by atoms with Crippen LogP contribution in [0.2, 0.25) is 0 Å². The monoisotopic (exact) mass is 221 g/mol. The SMILES string of the molecule is C=C/C=C\C([B]C(/C=C\C=C)=C/C=C)=C/C=C. The molecule has 0 bridgehead atoms. The van der Waals surface area contributed by atoms with E-state index in [9.17, 15) is 0 Å². The van der Waals surface area contributed by atoms with Crippen LogP contribution in [0.3, 0.4) is 0 Å². The van der Waals surface area contributed by atoms with Gasteiger partial charge in [-0.3, -0.25) is 0 Å². The van der Waals surface area contributed by atoms with Crippen molar-refractivity contribution < 1.29 is 0 Å². The van der Waals surface area contributed by atoms with Gasteiger partial charge >= 0.3 is 0 Å². The highest BCUT2D eigenvalue weighted by Gasteiger charge is 1.98. The van der Waals surface area contributed by atoms with Gasteiger partial charge in [-0.05, 0) is 0 Å². The Hall–Kier alpha value is -2.02. The third kappa shape index (κ3) is 7.86. The van der Waals surface area contributed by atoms with Gasteiger partial charge in [0.15, 0.2) is 7.28 Å². The first-order valence-electron chi connectivity index (χ1n) is 5.37. The lowest BCUT2D eigenvalue weighted by molar-refractivity contribution is 1.76.